The molecule has 46 heavy (non-hydrogen) atoms. The van der Waals surface area contributed by atoms with E-state index in [0.717, 1.165) is 64.3 Å². The molecule has 230 valence electrons. The lowest BCUT2D eigenvalue weighted by Crippen LogP contribution is -2.20. The number of nitrogens with zero attached hydrogens (tertiary/aromatic N) is 2. The highest BCUT2D eigenvalue weighted by Crippen LogP contribution is 2.58. The van der Waals surface area contributed by atoms with Crippen LogP contribution in [-0.2, 0) is 10.1 Å². The van der Waals surface area contributed by atoms with Gasteiger partial charge in [-0.2, -0.15) is 8.42 Å². The average molecular weight is 645 g/mol. The van der Waals surface area contributed by atoms with E-state index in [9.17, 15) is 8.42 Å². The van der Waals surface area contributed by atoms with Crippen LogP contribution in [0.25, 0.3) is 32.7 Å². The molecule has 2 fully saturated rings. The summed E-state index contributed by atoms with van der Waals surface area (Å²) in [5.74, 6) is 0.964. The Morgan fingerprint density at radius 3 is 2.00 bits per heavy atom. The average Bonchev–Trinajstić information content (AvgIpc) is 3.68. The summed E-state index contributed by atoms with van der Waals surface area (Å²) in [5, 5.41) is 3.86. The van der Waals surface area contributed by atoms with Crippen molar-refractivity contribution in [3.8, 4) is 22.6 Å². The van der Waals surface area contributed by atoms with Crippen molar-refractivity contribution in [1.29, 1.82) is 0 Å². The first kappa shape index (κ1) is 29.0. The molecule has 0 radical (unpaired) electrons. The van der Waals surface area contributed by atoms with E-state index in [1.165, 1.54) is 0 Å². The number of aryl methyl sites for hydroxylation is 1. The Morgan fingerprint density at radius 2 is 1.30 bits per heavy atom. The summed E-state index contributed by atoms with van der Waals surface area (Å²) in [6, 6.07) is 41.7. The third-order valence-corrected chi connectivity index (χ3v) is 12.3. The summed E-state index contributed by atoms with van der Waals surface area (Å²) in [5.41, 5.74) is 3.63. The Morgan fingerprint density at radius 1 is 0.696 bits per heavy atom. The van der Waals surface area contributed by atoms with Gasteiger partial charge in [0.1, 0.15) is 10.6 Å². The molecule has 1 unspecified atom stereocenters. The van der Waals surface area contributed by atoms with Crippen LogP contribution in [0, 0.1) is 6.92 Å². The Hall–Kier alpha value is -4.42. The highest BCUT2D eigenvalue weighted by atomic mass is 32.2. The van der Waals surface area contributed by atoms with Gasteiger partial charge in [0.15, 0.2) is 5.75 Å². The Labute approximate surface area is 270 Å². The van der Waals surface area contributed by atoms with Gasteiger partial charge in [-0.1, -0.05) is 96.6 Å². The van der Waals surface area contributed by atoms with E-state index in [-0.39, 0.29) is 10.6 Å². The standard InChI is InChI=1S/C38H33N2O4PS/c1-27-17-21-32(22-18-27)46(41,42)44-36-24-20-29-11-6-8-16-34(29)38(36)37-33-15-7-5-10-28(33)19-23-35(37)43-45-39-25-9-14-31(39)26-40(45)30-12-3-2-4-13-30/h2-8,10-13,15-24,31H,9,14,25-26H2,1H3/t31-,45?/m0/s1. The molecule has 8 heteroatoms. The maximum absolute atomic E-state index is 13.7. The predicted molar refractivity (Wildman–Crippen MR) is 187 cm³/mol. The number of fused-ring (bicyclic) bond motifs is 3. The zero-order chi connectivity index (χ0) is 31.3. The van der Waals surface area contributed by atoms with Crippen molar-refractivity contribution < 1.29 is 17.1 Å². The number of hydrogen-bond donors (Lipinski definition) is 0. The van der Waals surface area contributed by atoms with Gasteiger partial charge in [-0.05, 0) is 77.7 Å². The van der Waals surface area contributed by atoms with Gasteiger partial charge in [0.2, 0.25) is 0 Å². The summed E-state index contributed by atoms with van der Waals surface area (Å²) in [4.78, 5) is 0.111. The largest absolute Gasteiger partial charge is 0.440 e. The molecule has 6 nitrogen and oxygen atoms in total. The fourth-order valence-corrected chi connectivity index (χ4v) is 9.86. The summed E-state index contributed by atoms with van der Waals surface area (Å²) >= 11 is 0. The van der Waals surface area contributed by atoms with E-state index in [4.69, 9.17) is 8.71 Å². The first-order chi connectivity index (χ1) is 22.5. The molecule has 2 aliphatic rings. The summed E-state index contributed by atoms with van der Waals surface area (Å²) in [6.07, 6.45) is 2.30. The van der Waals surface area contributed by atoms with Crippen LogP contribution in [0.15, 0.2) is 132 Å². The molecule has 0 saturated carbocycles. The number of benzene rings is 6. The second kappa shape index (κ2) is 11.7. The number of anilines is 1. The second-order valence-electron chi connectivity index (χ2n) is 11.9. The van der Waals surface area contributed by atoms with Gasteiger partial charge >= 0.3 is 10.1 Å². The predicted octanol–water partition coefficient (Wildman–Crippen LogP) is 9.33. The van der Waals surface area contributed by atoms with Crippen LogP contribution in [0.3, 0.4) is 0 Å². The zero-order valence-electron chi connectivity index (χ0n) is 25.4. The van der Waals surface area contributed by atoms with Crippen LogP contribution in [0.1, 0.15) is 18.4 Å². The van der Waals surface area contributed by atoms with E-state index in [1.807, 2.05) is 61.5 Å². The van der Waals surface area contributed by atoms with E-state index in [2.05, 4.69) is 51.8 Å². The first-order valence-corrected chi connectivity index (χ1v) is 18.2. The SMILES string of the molecule is Cc1ccc(S(=O)(=O)Oc2ccc3ccccc3c2-c2c(OP3N(c4ccccc4)C[C@@H]4CCCN43)ccc3ccccc23)cc1. The minimum absolute atomic E-state index is 0.111. The Balaban J connectivity index is 1.32. The fourth-order valence-electron chi connectivity index (χ4n) is 6.67. The van der Waals surface area contributed by atoms with Gasteiger partial charge in [0.05, 0.1) is 0 Å². The molecule has 0 N–H and O–H groups in total. The highest BCUT2D eigenvalue weighted by molar-refractivity contribution is 7.87. The van der Waals surface area contributed by atoms with Crippen LogP contribution < -0.4 is 13.4 Å². The smallest absolute Gasteiger partial charge is 0.339 e. The molecule has 0 aliphatic carbocycles. The molecule has 2 heterocycles. The summed E-state index contributed by atoms with van der Waals surface area (Å²) in [7, 11) is -5.30. The van der Waals surface area contributed by atoms with Crippen molar-refractivity contribution in [1.82, 2.24) is 4.67 Å². The van der Waals surface area contributed by atoms with Crippen LogP contribution in [0.4, 0.5) is 5.69 Å². The van der Waals surface area contributed by atoms with Gasteiger partial charge in [-0.15, -0.1) is 0 Å². The third kappa shape index (κ3) is 5.19. The lowest BCUT2D eigenvalue weighted by molar-refractivity contribution is 0.432. The van der Waals surface area contributed by atoms with Crippen LogP contribution in [0.2, 0.25) is 0 Å². The molecule has 2 atom stereocenters. The van der Waals surface area contributed by atoms with Gasteiger partial charge in [-0.25, -0.2) is 4.67 Å². The molecule has 0 aromatic heterocycles. The maximum Gasteiger partial charge on any atom is 0.339 e. The number of para-hydroxylation sites is 1. The number of rotatable bonds is 7. The van der Waals surface area contributed by atoms with Crippen LogP contribution >= 0.6 is 8.45 Å². The lowest BCUT2D eigenvalue weighted by atomic mass is 9.92. The molecule has 2 saturated heterocycles. The Kier molecular flexibility index (Phi) is 7.41. The molecule has 6 aromatic rings. The molecule has 0 amide bonds. The minimum Gasteiger partial charge on any atom is -0.440 e. The van der Waals surface area contributed by atoms with Crippen molar-refractivity contribution in [3.05, 3.63) is 133 Å². The molecule has 0 spiro atoms. The van der Waals surface area contributed by atoms with Crippen molar-refractivity contribution in [2.24, 2.45) is 0 Å². The van der Waals surface area contributed by atoms with E-state index in [1.54, 1.807) is 30.3 Å². The molecular weight excluding hydrogens is 611 g/mol. The number of hydrogen-bond acceptors (Lipinski definition) is 6. The van der Waals surface area contributed by atoms with Gasteiger partial charge in [0.25, 0.3) is 8.45 Å². The molecule has 2 aliphatic heterocycles. The zero-order valence-corrected chi connectivity index (χ0v) is 27.1. The maximum atomic E-state index is 13.7. The summed E-state index contributed by atoms with van der Waals surface area (Å²) in [6.45, 7) is 3.83. The second-order valence-corrected chi connectivity index (χ2v) is 15.1. The first-order valence-electron chi connectivity index (χ1n) is 15.6. The normalized spacial score (nSPS) is 18.2. The fraction of sp³-hybridized carbons (Fsp3) is 0.158. The van der Waals surface area contributed by atoms with Crippen LogP contribution in [-0.4, -0.2) is 32.2 Å². The third-order valence-electron chi connectivity index (χ3n) is 8.93. The topological polar surface area (TPSA) is 59.1 Å². The molecule has 0 bridgehead atoms. The van der Waals surface area contributed by atoms with Crippen molar-refractivity contribution in [2.75, 3.05) is 17.8 Å². The quantitative estimate of drug-likeness (QED) is 0.128. The lowest BCUT2D eigenvalue weighted by Gasteiger charge is -2.30. The van der Waals surface area contributed by atoms with Crippen LogP contribution in [0.5, 0.6) is 11.5 Å². The van der Waals surface area contributed by atoms with Crippen molar-refractivity contribution >= 4 is 45.8 Å². The van der Waals surface area contributed by atoms with Gasteiger partial charge in [0, 0.05) is 35.9 Å². The molecule has 6 aromatic carbocycles. The summed E-state index contributed by atoms with van der Waals surface area (Å²) < 4.78 is 45.6. The van der Waals surface area contributed by atoms with Crippen molar-refractivity contribution in [3.63, 3.8) is 0 Å². The Bertz CT molecular complexity index is 2170. The van der Waals surface area contributed by atoms with Gasteiger partial charge < -0.3 is 13.4 Å². The minimum atomic E-state index is -4.13. The van der Waals surface area contributed by atoms with E-state index in [0.29, 0.717) is 17.4 Å². The van der Waals surface area contributed by atoms with Gasteiger partial charge in [-0.3, -0.25) is 0 Å². The van der Waals surface area contributed by atoms with Crippen molar-refractivity contribution in [2.45, 2.75) is 30.7 Å². The highest BCUT2D eigenvalue weighted by Gasteiger charge is 2.45. The van der Waals surface area contributed by atoms with E-state index >= 15 is 0 Å². The molecular formula is C38H33N2O4PS. The molecule has 8 rings (SSSR count). The monoisotopic (exact) mass is 644 g/mol. The van der Waals surface area contributed by atoms with E-state index < -0.39 is 18.6 Å².